The van der Waals surface area contributed by atoms with Crippen LogP contribution in [0.15, 0.2) is 36.4 Å². The molecule has 3 heteroatoms. The average Bonchev–Trinajstić information content (AvgIpc) is 2.40. The van der Waals surface area contributed by atoms with Crippen LogP contribution in [0.5, 0.6) is 5.75 Å². The van der Waals surface area contributed by atoms with E-state index in [1.54, 1.807) is 36.4 Å². The molecule has 0 aromatic heterocycles. The van der Waals surface area contributed by atoms with Crippen LogP contribution in [0.25, 0.3) is 11.1 Å². The second-order valence-electron chi connectivity index (χ2n) is 4.01. The van der Waals surface area contributed by atoms with Gasteiger partial charge < -0.3 is 4.74 Å². The Morgan fingerprint density at radius 2 is 1.94 bits per heavy atom. The van der Waals surface area contributed by atoms with Gasteiger partial charge in [-0.25, -0.2) is 4.39 Å². The van der Waals surface area contributed by atoms with Gasteiger partial charge in [0.05, 0.1) is 7.11 Å². The van der Waals surface area contributed by atoms with Crippen LogP contribution in [0.4, 0.5) is 4.39 Å². The molecule has 2 nitrogen and oxygen atoms in total. The molecule has 0 radical (unpaired) electrons. The molecule has 0 amide bonds. The zero-order chi connectivity index (χ0) is 13.1. The van der Waals surface area contributed by atoms with Crippen molar-refractivity contribution >= 4 is 6.29 Å². The van der Waals surface area contributed by atoms with Crippen molar-refractivity contribution in [3.05, 3.63) is 53.3 Å². The van der Waals surface area contributed by atoms with Gasteiger partial charge in [-0.15, -0.1) is 0 Å². The molecule has 0 atom stereocenters. The average molecular weight is 244 g/mol. The van der Waals surface area contributed by atoms with E-state index in [1.807, 2.05) is 6.92 Å². The normalized spacial score (nSPS) is 10.2. The van der Waals surface area contributed by atoms with Crippen LogP contribution in [0.1, 0.15) is 15.9 Å². The molecule has 0 aliphatic heterocycles. The van der Waals surface area contributed by atoms with Gasteiger partial charge in [0.2, 0.25) is 0 Å². The predicted molar refractivity (Wildman–Crippen MR) is 68.5 cm³/mol. The molecule has 0 N–H and O–H groups in total. The minimum Gasteiger partial charge on any atom is -0.494 e. The number of halogens is 1. The smallest absolute Gasteiger partial charge is 0.172 e. The summed E-state index contributed by atoms with van der Waals surface area (Å²) in [4.78, 5) is 10.8. The Bertz CT molecular complexity index is 591. The lowest BCUT2D eigenvalue weighted by Gasteiger charge is -2.10. The van der Waals surface area contributed by atoms with Gasteiger partial charge in [-0.05, 0) is 30.2 Å². The molecular formula is C15H13FO2. The quantitative estimate of drug-likeness (QED) is 0.771. The monoisotopic (exact) mass is 244 g/mol. The molecule has 0 bridgehead atoms. The van der Waals surface area contributed by atoms with Gasteiger partial charge in [0.1, 0.15) is 6.29 Å². The number of aldehydes is 1. The van der Waals surface area contributed by atoms with Crippen LogP contribution in [0.3, 0.4) is 0 Å². The van der Waals surface area contributed by atoms with Gasteiger partial charge in [-0.3, -0.25) is 4.79 Å². The zero-order valence-electron chi connectivity index (χ0n) is 10.2. The van der Waals surface area contributed by atoms with E-state index < -0.39 is 5.82 Å². The summed E-state index contributed by atoms with van der Waals surface area (Å²) < 4.78 is 19.1. The third-order valence-electron chi connectivity index (χ3n) is 2.87. The summed E-state index contributed by atoms with van der Waals surface area (Å²) in [5.74, 6) is -0.213. The molecule has 0 aliphatic carbocycles. The third-order valence-corrected chi connectivity index (χ3v) is 2.87. The number of hydrogen-bond acceptors (Lipinski definition) is 2. The highest BCUT2D eigenvalue weighted by Crippen LogP contribution is 2.31. The number of benzene rings is 2. The fourth-order valence-corrected chi connectivity index (χ4v) is 1.88. The molecule has 92 valence electrons. The SMILES string of the molecule is COc1cccc(-c2cc(C=O)ccc2C)c1F. The summed E-state index contributed by atoms with van der Waals surface area (Å²) >= 11 is 0. The maximum atomic E-state index is 14.2. The van der Waals surface area contributed by atoms with Crippen LogP contribution in [0.2, 0.25) is 0 Å². The van der Waals surface area contributed by atoms with E-state index in [0.29, 0.717) is 16.7 Å². The van der Waals surface area contributed by atoms with E-state index in [4.69, 9.17) is 4.74 Å². The van der Waals surface area contributed by atoms with E-state index in [2.05, 4.69) is 0 Å². The van der Waals surface area contributed by atoms with E-state index in [9.17, 15) is 9.18 Å². The number of hydrogen-bond donors (Lipinski definition) is 0. The lowest BCUT2D eigenvalue weighted by molar-refractivity contribution is 0.112. The maximum Gasteiger partial charge on any atom is 0.172 e. The largest absolute Gasteiger partial charge is 0.494 e. The van der Waals surface area contributed by atoms with E-state index in [0.717, 1.165) is 11.8 Å². The molecular weight excluding hydrogens is 231 g/mol. The van der Waals surface area contributed by atoms with Gasteiger partial charge in [0.25, 0.3) is 0 Å². The molecule has 0 saturated carbocycles. The number of ether oxygens (including phenoxy) is 1. The van der Waals surface area contributed by atoms with E-state index in [1.165, 1.54) is 7.11 Å². The Kier molecular flexibility index (Phi) is 3.42. The van der Waals surface area contributed by atoms with Crippen molar-refractivity contribution in [3.8, 4) is 16.9 Å². The summed E-state index contributed by atoms with van der Waals surface area (Å²) in [6, 6.07) is 10.2. The molecule has 0 aliphatic rings. The van der Waals surface area contributed by atoms with E-state index >= 15 is 0 Å². The first kappa shape index (κ1) is 12.3. The summed E-state index contributed by atoms with van der Waals surface area (Å²) in [5.41, 5.74) is 2.58. The first-order chi connectivity index (χ1) is 8.67. The second-order valence-corrected chi connectivity index (χ2v) is 4.01. The van der Waals surface area contributed by atoms with Crippen molar-refractivity contribution in [2.45, 2.75) is 6.92 Å². The Morgan fingerprint density at radius 1 is 1.17 bits per heavy atom. The number of carbonyl (C=O) groups excluding carboxylic acids is 1. The maximum absolute atomic E-state index is 14.2. The van der Waals surface area contributed by atoms with Crippen LogP contribution in [-0.2, 0) is 0 Å². The molecule has 2 aromatic rings. The third kappa shape index (κ3) is 2.12. The standard InChI is InChI=1S/C15H13FO2/c1-10-6-7-11(9-17)8-13(10)12-4-3-5-14(18-2)15(12)16/h3-9H,1-2H3. The lowest BCUT2D eigenvalue weighted by Crippen LogP contribution is -1.94. The van der Waals surface area contributed by atoms with E-state index in [-0.39, 0.29) is 5.75 Å². The van der Waals surface area contributed by atoms with Crippen molar-refractivity contribution in [3.63, 3.8) is 0 Å². The van der Waals surface area contributed by atoms with Crippen LogP contribution in [-0.4, -0.2) is 13.4 Å². The Morgan fingerprint density at radius 3 is 2.61 bits per heavy atom. The number of carbonyl (C=O) groups is 1. The first-order valence-electron chi connectivity index (χ1n) is 5.56. The van der Waals surface area contributed by atoms with Gasteiger partial charge >= 0.3 is 0 Å². The molecule has 0 fully saturated rings. The Labute approximate surface area is 105 Å². The van der Waals surface area contributed by atoms with Crippen LogP contribution in [0, 0.1) is 12.7 Å². The minimum atomic E-state index is -0.411. The van der Waals surface area contributed by atoms with Crippen molar-refractivity contribution in [1.82, 2.24) is 0 Å². The molecule has 18 heavy (non-hydrogen) atoms. The fraction of sp³-hybridized carbons (Fsp3) is 0.133. The topological polar surface area (TPSA) is 26.3 Å². The summed E-state index contributed by atoms with van der Waals surface area (Å²) in [6.07, 6.45) is 0.751. The Hall–Kier alpha value is -2.16. The highest BCUT2D eigenvalue weighted by atomic mass is 19.1. The number of rotatable bonds is 3. The first-order valence-corrected chi connectivity index (χ1v) is 5.56. The molecule has 2 rings (SSSR count). The molecule has 0 heterocycles. The van der Waals surface area contributed by atoms with Gasteiger partial charge in [-0.2, -0.15) is 0 Å². The fourth-order valence-electron chi connectivity index (χ4n) is 1.88. The molecule has 2 aromatic carbocycles. The van der Waals surface area contributed by atoms with Gasteiger partial charge in [-0.1, -0.05) is 24.3 Å². The summed E-state index contributed by atoms with van der Waals surface area (Å²) in [5, 5.41) is 0. The zero-order valence-corrected chi connectivity index (χ0v) is 10.2. The van der Waals surface area contributed by atoms with Crippen LogP contribution < -0.4 is 4.74 Å². The summed E-state index contributed by atoms with van der Waals surface area (Å²) in [6.45, 7) is 1.88. The highest BCUT2D eigenvalue weighted by Gasteiger charge is 2.12. The second kappa shape index (κ2) is 5.00. The van der Waals surface area contributed by atoms with Crippen molar-refractivity contribution < 1.29 is 13.9 Å². The van der Waals surface area contributed by atoms with Crippen molar-refractivity contribution in [2.75, 3.05) is 7.11 Å². The number of aryl methyl sites for hydroxylation is 1. The van der Waals surface area contributed by atoms with Crippen molar-refractivity contribution in [1.29, 1.82) is 0 Å². The van der Waals surface area contributed by atoms with Gasteiger partial charge in [0, 0.05) is 11.1 Å². The van der Waals surface area contributed by atoms with Crippen LogP contribution >= 0.6 is 0 Å². The highest BCUT2D eigenvalue weighted by molar-refractivity contribution is 5.80. The predicted octanol–water partition coefficient (Wildman–Crippen LogP) is 3.62. The minimum absolute atomic E-state index is 0.198. The van der Waals surface area contributed by atoms with Crippen molar-refractivity contribution in [2.24, 2.45) is 0 Å². The lowest BCUT2D eigenvalue weighted by atomic mass is 9.98. The number of methoxy groups -OCH3 is 1. The molecule has 0 unspecified atom stereocenters. The molecule has 0 spiro atoms. The summed E-state index contributed by atoms with van der Waals surface area (Å²) in [7, 11) is 1.43. The Balaban J connectivity index is 2.64. The van der Waals surface area contributed by atoms with Gasteiger partial charge in [0.15, 0.2) is 11.6 Å². The molecule has 0 saturated heterocycles.